The summed E-state index contributed by atoms with van der Waals surface area (Å²) in [7, 11) is 0. The minimum Gasteiger partial charge on any atom is -0.368 e. The van der Waals surface area contributed by atoms with Crippen LogP contribution < -0.4 is 4.90 Å². The number of anilines is 1. The average molecular weight is 322 g/mol. The highest BCUT2D eigenvalue weighted by molar-refractivity contribution is 14.1. The first kappa shape index (κ1) is 10.6. The predicted octanol–water partition coefficient (Wildman–Crippen LogP) is 3.93. The lowest BCUT2D eigenvalue weighted by atomic mass is 10.2. The molecule has 0 bridgehead atoms. The molecule has 1 saturated heterocycles. The SMILES string of the molecule is CC1CCCN1c1ccc(Cl)cc1I. The minimum absolute atomic E-state index is 0.671. The molecule has 14 heavy (non-hydrogen) atoms. The van der Waals surface area contributed by atoms with E-state index >= 15 is 0 Å². The molecule has 0 amide bonds. The van der Waals surface area contributed by atoms with Gasteiger partial charge in [0.05, 0.1) is 5.69 Å². The molecule has 0 saturated carbocycles. The molecule has 1 fully saturated rings. The van der Waals surface area contributed by atoms with Gasteiger partial charge in [-0.2, -0.15) is 0 Å². The van der Waals surface area contributed by atoms with Crippen LogP contribution in [0.4, 0.5) is 5.69 Å². The number of nitrogens with zero attached hydrogens (tertiary/aromatic N) is 1. The zero-order valence-electron chi connectivity index (χ0n) is 8.13. The first-order valence-corrected chi connectivity index (χ1v) is 6.36. The molecule has 76 valence electrons. The van der Waals surface area contributed by atoms with Crippen molar-refractivity contribution in [3.8, 4) is 0 Å². The molecule has 1 unspecified atom stereocenters. The van der Waals surface area contributed by atoms with Gasteiger partial charge >= 0.3 is 0 Å². The smallest absolute Gasteiger partial charge is 0.0505 e. The minimum atomic E-state index is 0.671. The van der Waals surface area contributed by atoms with Crippen LogP contribution in [0.2, 0.25) is 5.02 Å². The summed E-state index contributed by atoms with van der Waals surface area (Å²) in [6, 6.07) is 6.81. The first-order valence-electron chi connectivity index (χ1n) is 4.90. The zero-order chi connectivity index (χ0) is 10.1. The molecule has 1 heterocycles. The fourth-order valence-corrected chi connectivity index (χ4v) is 3.19. The predicted molar refractivity (Wildman–Crippen MR) is 70.2 cm³/mol. The molecule has 1 aliphatic heterocycles. The first-order chi connectivity index (χ1) is 6.68. The molecule has 0 spiro atoms. The third-order valence-corrected chi connectivity index (χ3v) is 3.87. The van der Waals surface area contributed by atoms with Crippen molar-refractivity contribution in [1.29, 1.82) is 0 Å². The summed E-state index contributed by atoms with van der Waals surface area (Å²) in [6.07, 6.45) is 2.61. The molecule has 0 N–H and O–H groups in total. The fourth-order valence-electron chi connectivity index (χ4n) is 2.01. The summed E-state index contributed by atoms with van der Waals surface area (Å²) in [6.45, 7) is 3.47. The summed E-state index contributed by atoms with van der Waals surface area (Å²) in [5, 5.41) is 0.824. The van der Waals surface area contributed by atoms with Gasteiger partial charge in [-0.25, -0.2) is 0 Å². The summed E-state index contributed by atoms with van der Waals surface area (Å²) >= 11 is 8.30. The average Bonchev–Trinajstić information content (AvgIpc) is 2.52. The molecule has 2 rings (SSSR count). The maximum atomic E-state index is 5.94. The van der Waals surface area contributed by atoms with Crippen LogP contribution in [0.25, 0.3) is 0 Å². The van der Waals surface area contributed by atoms with Gasteiger partial charge in [0.15, 0.2) is 0 Å². The van der Waals surface area contributed by atoms with Crippen LogP contribution in [-0.2, 0) is 0 Å². The Kier molecular flexibility index (Phi) is 3.22. The van der Waals surface area contributed by atoms with Crippen molar-refractivity contribution in [2.24, 2.45) is 0 Å². The van der Waals surface area contributed by atoms with Gasteiger partial charge in [0.2, 0.25) is 0 Å². The largest absolute Gasteiger partial charge is 0.368 e. The molecule has 1 aromatic carbocycles. The zero-order valence-corrected chi connectivity index (χ0v) is 11.0. The molecule has 0 aliphatic carbocycles. The van der Waals surface area contributed by atoms with Crippen LogP contribution in [-0.4, -0.2) is 12.6 Å². The van der Waals surface area contributed by atoms with Gasteiger partial charge in [0.1, 0.15) is 0 Å². The lowest BCUT2D eigenvalue weighted by molar-refractivity contribution is 0.734. The molecular formula is C11H13ClIN. The van der Waals surface area contributed by atoms with E-state index in [1.165, 1.54) is 28.6 Å². The van der Waals surface area contributed by atoms with Gasteiger partial charge in [0.25, 0.3) is 0 Å². The van der Waals surface area contributed by atoms with Crippen molar-refractivity contribution >= 4 is 39.9 Å². The molecule has 0 aromatic heterocycles. The Hall–Kier alpha value is 0.0400. The maximum absolute atomic E-state index is 5.94. The second kappa shape index (κ2) is 4.27. The van der Waals surface area contributed by atoms with Crippen molar-refractivity contribution in [2.45, 2.75) is 25.8 Å². The van der Waals surface area contributed by atoms with E-state index in [0.29, 0.717) is 6.04 Å². The van der Waals surface area contributed by atoms with E-state index < -0.39 is 0 Å². The molecular weight excluding hydrogens is 308 g/mol. The summed E-state index contributed by atoms with van der Waals surface area (Å²) in [4.78, 5) is 2.47. The van der Waals surface area contributed by atoms with Gasteiger partial charge in [-0.3, -0.25) is 0 Å². The lowest BCUT2D eigenvalue weighted by Gasteiger charge is -2.25. The van der Waals surface area contributed by atoms with Crippen LogP contribution in [0.3, 0.4) is 0 Å². The number of rotatable bonds is 1. The van der Waals surface area contributed by atoms with E-state index in [4.69, 9.17) is 11.6 Å². The van der Waals surface area contributed by atoms with Crippen molar-refractivity contribution in [2.75, 3.05) is 11.4 Å². The van der Waals surface area contributed by atoms with Crippen molar-refractivity contribution in [3.05, 3.63) is 26.8 Å². The lowest BCUT2D eigenvalue weighted by Crippen LogP contribution is -2.26. The Morgan fingerprint density at radius 3 is 2.86 bits per heavy atom. The van der Waals surface area contributed by atoms with Crippen molar-refractivity contribution in [1.82, 2.24) is 0 Å². The Morgan fingerprint density at radius 1 is 1.50 bits per heavy atom. The molecule has 1 nitrogen and oxygen atoms in total. The van der Waals surface area contributed by atoms with Crippen LogP contribution in [0.1, 0.15) is 19.8 Å². The Bertz CT molecular complexity index is 340. The van der Waals surface area contributed by atoms with Gasteiger partial charge in [0, 0.05) is 21.2 Å². The van der Waals surface area contributed by atoms with Crippen LogP contribution in [0.5, 0.6) is 0 Å². The Labute approximate surface area is 104 Å². The van der Waals surface area contributed by atoms with E-state index in [0.717, 1.165) is 5.02 Å². The summed E-state index contributed by atoms with van der Waals surface area (Å²) < 4.78 is 1.25. The quantitative estimate of drug-likeness (QED) is 0.708. The van der Waals surface area contributed by atoms with E-state index in [1.54, 1.807) is 0 Å². The van der Waals surface area contributed by atoms with E-state index in [-0.39, 0.29) is 0 Å². The van der Waals surface area contributed by atoms with Gasteiger partial charge in [-0.05, 0) is 60.6 Å². The Balaban J connectivity index is 2.31. The monoisotopic (exact) mass is 321 g/mol. The number of hydrogen-bond acceptors (Lipinski definition) is 1. The highest BCUT2D eigenvalue weighted by Crippen LogP contribution is 2.31. The summed E-state index contributed by atoms with van der Waals surface area (Å²) in [5.74, 6) is 0. The van der Waals surface area contributed by atoms with Crippen molar-refractivity contribution < 1.29 is 0 Å². The highest BCUT2D eigenvalue weighted by atomic mass is 127. The van der Waals surface area contributed by atoms with Gasteiger partial charge < -0.3 is 4.90 Å². The molecule has 1 aliphatic rings. The highest BCUT2D eigenvalue weighted by Gasteiger charge is 2.21. The molecule has 1 aromatic rings. The van der Waals surface area contributed by atoms with E-state index in [2.05, 4.69) is 40.5 Å². The van der Waals surface area contributed by atoms with Crippen LogP contribution in [0, 0.1) is 3.57 Å². The normalized spacial score (nSPS) is 21.6. The van der Waals surface area contributed by atoms with Crippen LogP contribution in [0.15, 0.2) is 18.2 Å². The van der Waals surface area contributed by atoms with E-state index in [9.17, 15) is 0 Å². The van der Waals surface area contributed by atoms with Gasteiger partial charge in [-0.1, -0.05) is 11.6 Å². The maximum Gasteiger partial charge on any atom is 0.0505 e. The second-order valence-electron chi connectivity index (χ2n) is 3.78. The number of hydrogen-bond donors (Lipinski definition) is 0. The third kappa shape index (κ3) is 2.01. The molecule has 1 atom stereocenters. The fraction of sp³-hybridized carbons (Fsp3) is 0.455. The van der Waals surface area contributed by atoms with Crippen molar-refractivity contribution in [3.63, 3.8) is 0 Å². The second-order valence-corrected chi connectivity index (χ2v) is 5.38. The Morgan fingerprint density at radius 2 is 2.29 bits per heavy atom. The van der Waals surface area contributed by atoms with Gasteiger partial charge in [-0.15, -0.1) is 0 Å². The standard InChI is InChI=1S/C11H13ClIN/c1-8-3-2-6-14(8)11-5-4-9(12)7-10(11)13/h4-5,7-8H,2-3,6H2,1H3. The molecule has 0 radical (unpaired) electrons. The summed E-state index contributed by atoms with van der Waals surface area (Å²) in [5.41, 5.74) is 1.33. The number of benzene rings is 1. The third-order valence-electron chi connectivity index (χ3n) is 2.77. The topological polar surface area (TPSA) is 3.24 Å². The number of halogens is 2. The van der Waals surface area contributed by atoms with Crippen LogP contribution >= 0.6 is 34.2 Å². The molecule has 3 heteroatoms. The van der Waals surface area contributed by atoms with E-state index in [1.807, 2.05) is 12.1 Å².